The molecule has 4 aromatic carbocycles. The number of aryl methyl sites for hydroxylation is 1. The molecule has 0 fully saturated rings. The lowest BCUT2D eigenvalue weighted by atomic mass is 9.86. The van der Waals surface area contributed by atoms with Gasteiger partial charge in [-0.3, -0.25) is 0 Å². The number of fused-ring (bicyclic) bond motifs is 2. The average Bonchev–Trinajstić information content (AvgIpc) is 3.35. The summed E-state index contributed by atoms with van der Waals surface area (Å²) in [6.45, 7) is 13.3. The van der Waals surface area contributed by atoms with E-state index in [9.17, 15) is 4.79 Å². The minimum Gasteiger partial charge on any atom is -0.330 e. The van der Waals surface area contributed by atoms with Crippen molar-refractivity contribution in [2.75, 3.05) is 4.90 Å². The van der Waals surface area contributed by atoms with Crippen LogP contribution in [0, 0.1) is 6.92 Å². The van der Waals surface area contributed by atoms with Crippen LogP contribution in [-0.2, 0) is 4.79 Å². The van der Waals surface area contributed by atoms with Gasteiger partial charge in [-0.2, -0.15) is 0 Å². The van der Waals surface area contributed by atoms with Crippen molar-refractivity contribution in [3.8, 4) is 0 Å². The van der Waals surface area contributed by atoms with E-state index in [1.165, 1.54) is 11.1 Å². The first-order valence-electron chi connectivity index (χ1n) is 12.7. The highest BCUT2D eigenvalue weighted by atomic mass is 16.1. The van der Waals surface area contributed by atoms with E-state index in [1.807, 2.05) is 24.3 Å². The zero-order valence-electron chi connectivity index (χ0n) is 21.2. The first-order chi connectivity index (χ1) is 18.0. The Morgan fingerprint density at radius 2 is 1.46 bits per heavy atom. The monoisotopic (exact) mass is 479 g/mol. The molecular weight excluding hydrogens is 450 g/mol. The fraction of sp³-hybridized carbons (Fsp3) is 0.114. The summed E-state index contributed by atoms with van der Waals surface area (Å²) in [6, 6.07) is 33.5. The van der Waals surface area contributed by atoms with E-state index < -0.39 is 0 Å². The summed E-state index contributed by atoms with van der Waals surface area (Å²) in [7, 11) is 0. The topological polar surface area (TPSA) is 20.3 Å². The highest BCUT2D eigenvalue weighted by molar-refractivity contribution is 6.14. The highest BCUT2D eigenvalue weighted by Gasteiger charge is 2.37. The Balaban J connectivity index is 1.57. The number of benzene rings is 4. The molecule has 2 unspecified atom stereocenters. The fourth-order valence-corrected chi connectivity index (χ4v) is 5.93. The zero-order chi connectivity index (χ0) is 25.7. The van der Waals surface area contributed by atoms with Crippen molar-refractivity contribution in [1.82, 2.24) is 0 Å². The molecule has 2 aliphatic rings. The highest BCUT2D eigenvalue weighted by Crippen LogP contribution is 2.50. The normalized spacial score (nSPS) is 19.6. The second-order valence-corrected chi connectivity index (χ2v) is 10.0. The SMILES string of the molecule is C=C1/C(=C(/c2ccccc2)c2ccc3c(c2)C(C)C(C=O)N3c2ccccc2)C(=C)c2cc(C)ccc21. The molecule has 0 amide bonds. The number of anilines is 2. The Kier molecular flexibility index (Phi) is 5.53. The molecule has 2 heteroatoms. The second kappa shape index (κ2) is 8.90. The number of aldehydes is 1. The number of rotatable bonds is 4. The molecule has 0 N–H and O–H groups in total. The molecule has 0 saturated carbocycles. The van der Waals surface area contributed by atoms with Crippen molar-refractivity contribution in [2.24, 2.45) is 0 Å². The summed E-state index contributed by atoms with van der Waals surface area (Å²) < 4.78 is 0. The Bertz CT molecular complexity index is 1590. The molecule has 0 spiro atoms. The smallest absolute Gasteiger partial charge is 0.143 e. The van der Waals surface area contributed by atoms with Crippen molar-refractivity contribution >= 4 is 34.4 Å². The minimum absolute atomic E-state index is 0.0597. The van der Waals surface area contributed by atoms with E-state index in [1.54, 1.807) is 0 Å². The molecule has 1 aliphatic heterocycles. The second-order valence-electron chi connectivity index (χ2n) is 10.0. The van der Waals surface area contributed by atoms with Crippen LogP contribution in [0.3, 0.4) is 0 Å². The summed E-state index contributed by atoms with van der Waals surface area (Å²) in [5.41, 5.74) is 13.3. The molecule has 37 heavy (non-hydrogen) atoms. The van der Waals surface area contributed by atoms with E-state index in [2.05, 4.69) is 105 Å². The third-order valence-corrected chi connectivity index (χ3v) is 7.79. The molecule has 2 nitrogen and oxygen atoms in total. The van der Waals surface area contributed by atoms with Gasteiger partial charge in [-0.25, -0.2) is 0 Å². The molecule has 0 aromatic heterocycles. The van der Waals surface area contributed by atoms with Gasteiger partial charge >= 0.3 is 0 Å². The first-order valence-corrected chi connectivity index (χ1v) is 12.7. The third kappa shape index (κ3) is 3.60. The quantitative estimate of drug-likeness (QED) is 0.274. The number of para-hydroxylation sites is 1. The van der Waals surface area contributed by atoms with Gasteiger partial charge < -0.3 is 9.69 Å². The predicted molar refractivity (Wildman–Crippen MR) is 155 cm³/mol. The van der Waals surface area contributed by atoms with Crippen LogP contribution in [0.2, 0.25) is 0 Å². The molecule has 0 saturated heterocycles. The maximum absolute atomic E-state index is 12.3. The number of hydrogen-bond donors (Lipinski definition) is 0. The lowest BCUT2D eigenvalue weighted by Crippen LogP contribution is -2.30. The Morgan fingerprint density at radius 3 is 2.16 bits per heavy atom. The van der Waals surface area contributed by atoms with E-state index in [0.717, 1.165) is 62.2 Å². The molecule has 1 aliphatic carbocycles. The van der Waals surface area contributed by atoms with Gasteiger partial charge in [0.1, 0.15) is 6.29 Å². The van der Waals surface area contributed by atoms with Crippen LogP contribution in [-0.4, -0.2) is 12.3 Å². The zero-order valence-corrected chi connectivity index (χ0v) is 21.2. The molecule has 6 rings (SSSR count). The average molecular weight is 480 g/mol. The number of nitrogens with zero attached hydrogens (tertiary/aromatic N) is 1. The van der Waals surface area contributed by atoms with Crippen molar-refractivity contribution < 1.29 is 4.79 Å². The van der Waals surface area contributed by atoms with Crippen LogP contribution in [0.15, 0.2) is 116 Å². The van der Waals surface area contributed by atoms with E-state index in [0.29, 0.717) is 0 Å². The Morgan fingerprint density at radius 1 is 0.784 bits per heavy atom. The summed E-state index contributed by atoms with van der Waals surface area (Å²) in [6.07, 6.45) is 1.08. The summed E-state index contributed by atoms with van der Waals surface area (Å²) in [5.74, 6) is 0.0597. The van der Waals surface area contributed by atoms with Crippen molar-refractivity contribution in [3.05, 3.63) is 149 Å². The maximum Gasteiger partial charge on any atom is 0.143 e. The summed E-state index contributed by atoms with van der Waals surface area (Å²) in [4.78, 5) is 14.4. The lowest BCUT2D eigenvalue weighted by Gasteiger charge is -2.25. The molecule has 4 aromatic rings. The van der Waals surface area contributed by atoms with Gasteiger partial charge in [-0.15, -0.1) is 0 Å². The molecule has 0 radical (unpaired) electrons. The van der Waals surface area contributed by atoms with Crippen LogP contribution < -0.4 is 4.90 Å². The summed E-state index contributed by atoms with van der Waals surface area (Å²) >= 11 is 0. The van der Waals surface area contributed by atoms with Crippen LogP contribution in [0.1, 0.15) is 46.2 Å². The molecular formula is C35H29NO. The van der Waals surface area contributed by atoms with Gasteiger partial charge in [0, 0.05) is 17.3 Å². The van der Waals surface area contributed by atoms with Crippen LogP contribution in [0.5, 0.6) is 0 Å². The fourth-order valence-electron chi connectivity index (χ4n) is 5.93. The predicted octanol–water partition coefficient (Wildman–Crippen LogP) is 8.36. The molecule has 0 bridgehead atoms. The minimum atomic E-state index is -0.246. The van der Waals surface area contributed by atoms with Gasteiger partial charge in [0.25, 0.3) is 0 Å². The molecule has 2 atom stereocenters. The Hall–Kier alpha value is -4.43. The van der Waals surface area contributed by atoms with Gasteiger partial charge in [0.05, 0.1) is 6.04 Å². The van der Waals surface area contributed by atoms with Crippen molar-refractivity contribution in [3.63, 3.8) is 0 Å². The first kappa shape index (κ1) is 23.0. The summed E-state index contributed by atoms with van der Waals surface area (Å²) in [5, 5.41) is 0. The number of hydrogen-bond acceptors (Lipinski definition) is 2. The van der Waals surface area contributed by atoms with Crippen molar-refractivity contribution in [1.29, 1.82) is 0 Å². The Labute approximate surface area is 218 Å². The van der Waals surface area contributed by atoms with Gasteiger partial charge in [0.2, 0.25) is 0 Å². The molecule has 180 valence electrons. The van der Waals surface area contributed by atoms with Crippen LogP contribution >= 0.6 is 0 Å². The van der Waals surface area contributed by atoms with Crippen molar-refractivity contribution in [2.45, 2.75) is 25.8 Å². The van der Waals surface area contributed by atoms with E-state index in [-0.39, 0.29) is 12.0 Å². The van der Waals surface area contributed by atoms with Crippen LogP contribution in [0.25, 0.3) is 16.7 Å². The van der Waals surface area contributed by atoms with Gasteiger partial charge in [-0.05, 0) is 81.3 Å². The van der Waals surface area contributed by atoms with Gasteiger partial charge in [0.15, 0.2) is 0 Å². The number of carbonyl (C=O) groups is 1. The number of carbonyl (C=O) groups excluding carboxylic acids is 1. The third-order valence-electron chi connectivity index (χ3n) is 7.79. The maximum atomic E-state index is 12.3. The van der Waals surface area contributed by atoms with E-state index in [4.69, 9.17) is 0 Å². The standard InChI is InChI=1S/C35H29NO/c1-22-15-17-29-24(3)34(25(4)30(29)19-22)35(26-11-7-5-8-12-26)27-16-18-32-31(20-27)23(2)33(21-37)36(32)28-13-9-6-10-14-28/h5-21,23,33H,3-4H2,1-2H3/b35-34+. The van der Waals surface area contributed by atoms with Gasteiger partial charge in [-0.1, -0.05) is 98.4 Å². The van der Waals surface area contributed by atoms with Crippen LogP contribution in [0.4, 0.5) is 11.4 Å². The molecule has 1 heterocycles. The lowest BCUT2D eigenvalue weighted by molar-refractivity contribution is -0.109. The van der Waals surface area contributed by atoms with E-state index >= 15 is 0 Å². The largest absolute Gasteiger partial charge is 0.330 e. The number of allylic oxidation sites excluding steroid dienone is 3.